The van der Waals surface area contributed by atoms with Crippen LogP contribution in [0.2, 0.25) is 0 Å². The van der Waals surface area contributed by atoms with Crippen molar-refractivity contribution < 1.29 is 14.3 Å². The number of carbonyl (C=O) groups excluding carboxylic acids is 2. The highest BCUT2D eigenvalue weighted by Gasteiger charge is 2.35. The van der Waals surface area contributed by atoms with E-state index in [2.05, 4.69) is 31.2 Å². The normalized spacial score (nSPS) is 14.0. The summed E-state index contributed by atoms with van der Waals surface area (Å²) in [5, 5.41) is 0. The Balaban J connectivity index is 1.66. The molecule has 1 amide bonds. The van der Waals surface area contributed by atoms with E-state index in [-0.39, 0.29) is 5.91 Å². The molecule has 5 rings (SSSR count). The zero-order valence-corrected chi connectivity index (χ0v) is 19.7. The minimum Gasteiger partial charge on any atom is -0.465 e. The van der Waals surface area contributed by atoms with Crippen molar-refractivity contribution in [2.75, 3.05) is 12.0 Å². The van der Waals surface area contributed by atoms with E-state index >= 15 is 0 Å². The summed E-state index contributed by atoms with van der Waals surface area (Å²) < 4.78 is 4.87. The lowest BCUT2D eigenvalue weighted by molar-refractivity contribution is -0.113. The van der Waals surface area contributed by atoms with E-state index in [1.807, 2.05) is 66.7 Å². The SMILES string of the molecule is COC(=O)c1cccc(CN2C(=O)/C(=C(\c3ccccc3)c3ccc(C)cc3)c3ccccc32)c1. The van der Waals surface area contributed by atoms with Gasteiger partial charge in [-0.3, -0.25) is 4.79 Å². The quantitative estimate of drug-likeness (QED) is 0.260. The molecule has 35 heavy (non-hydrogen) atoms. The van der Waals surface area contributed by atoms with Gasteiger partial charge in [-0.25, -0.2) is 4.79 Å². The van der Waals surface area contributed by atoms with Crippen molar-refractivity contribution in [2.24, 2.45) is 0 Å². The molecule has 1 heterocycles. The smallest absolute Gasteiger partial charge is 0.337 e. The predicted molar refractivity (Wildman–Crippen MR) is 139 cm³/mol. The highest BCUT2D eigenvalue weighted by molar-refractivity contribution is 6.38. The second kappa shape index (κ2) is 9.43. The van der Waals surface area contributed by atoms with Gasteiger partial charge < -0.3 is 9.64 Å². The van der Waals surface area contributed by atoms with E-state index in [9.17, 15) is 9.59 Å². The molecular weight excluding hydrogens is 434 g/mol. The van der Waals surface area contributed by atoms with Crippen molar-refractivity contribution >= 4 is 28.7 Å². The van der Waals surface area contributed by atoms with Crippen molar-refractivity contribution in [1.29, 1.82) is 0 Å². The molecule has 4 nitrogen and oxygen atoms in total. The van der Waals surface area contributed by atoms with Gasteiger partial charge in [0.2, 0.25) is 0 Å². The van der Waals surface area contributed by atoms with Crippen LogP contribution in [0.15, 0.2) is 103 Å². The van der Waals surface area contributed by atoms with Gasteiger partial charge in [-0.1, -0.05) is 90.5 Å². The summed E-state index contributed by atoms with van der Waals surface area (Å²) in [6.45, 7) is 2.40. The molecule has 0 saturated heterocycles. The number of nitrogens with zero attached hydrogens (tertiary/aromatic N) is 1. The van der Waals surface area contributed by atoms with Crippen LogP contribution in [-0.4, -0.2) is 19.0 Å². The van der Waals surface area contributed by atoms with E-state index in [1.54, 1.807) is 17.0 Å². The van der Waals surface area contributed by atoms with Crippen LogP contribution < -0.4 is 4.90 Å². The van der Waals surface area contributed by atoms with Gasteiger partial charge in [0.25, 0.3) is 5.91 Å². The third-order valence-electron chi connectivity index (χ3n) is 6.26. The minimum atomic E-state index is -0.397. The Hall–Kier alpha value is -4.44. The molecule has 0 aromatic heterocycles. The van der Waals surface area contributed by atoms with Crippen molar-refractivity contribution in [3.05, 3.63) is 137 Å². The lowest BCUT2D eigenvalue weighted by atomic mass is 9.90. The molecule has 0 bridgehead atoms. The highest BCUT2D eigenvalue weighted by atomic mass is 16.5. The molecule has 0 atom stereocenters. The fraction of sp³-hybridized carbons (Fsp3) is 0.0968. The molecule has 0 unspecified atom stereocenters. The maximum absolute atomic E-state index is 14.1. The molecule has 0 aliphatic carbocycles. The molecule has 4 aromatic rings. The Morgan fingerprint density at radius 2 is 1.43 bits per heavy atom. The van der Waals surface area contributed by atoms with Crippen LogP contribution in [0.5, 0.6) is 0 Å². The summed E-state index contributed by atoms with van der Waals surface area (Å²) in [4.78, 5) is 27.9. The molecule has 4 aromatic carbocycles. The summed E-state index contributed by atoms with van der Waals surface area (Å²) in [6, 6.07) is 33.4. The number of rotatable bonds is 5. The second-order valence-electron chi connectivity index (χ2n) is 8.58. The van der Waals surface area contributed by atoms with Crippen molar-refractivity contribution in [3.8, 4) is 0 Å². The lowest BCUT2D eigenvalue weighted by Gasteiger charge is -2.18. The van der Waals surface area contributed by atoms with Gasteiger partial charge >= 0.3 is 5.97 Å². The molecule has 0 fully saturated rings. The van der Waals surface area contributed by atoms with Crippen molar-refractivity contribution in [2.45, 2.75) is 13.5 Å². The van der Waals surface area contributed by atoms with Gasteiger partial charge in [-0.2, -0.15) is 0 Å². The molecule has 0 radical (unpaired) electrons. The number of amides is 1. The molecule has 0 N–H and O–H groups in total. The lowest BCUT2D eigenvalue weighted by Crippen LogP contribution is -2.26. The van der Waals surface area contributed by atoms with E-state index in [0.29, 0.717) is 17.7 Å². The number of anilines is 1. The number of methoxy groups -OCH3 is 1. The Kier molecular flexibility index (Phi) is 6.02. The van der Waals surface area contributed by atoms with Crippen LogP contribution in [0.4, 0.5) is 5.69 Å². The van der Waals surface area contributed by atoms with Crippen molar-refractivity contribution in [3.63, 3.8) is 0 Å². The number of benzene rings is 4. The van der Waals surface area contributed by atoms with Crippen molar-refractivity contribution in [1.82, 2.24) is 0 Å². The molecule has 1 aliphatic rings. The Morgan fingerprint density at radius 3 is 2.17 bits per heavy atom. The van der Waals surface area contributed by atoms with Crippen LogP contribution in [0, 0.1) is 6.92 Å². The largest absolute Gasteiger partial charge is 0.465 e. The number of hydrogen-bond donors (Lipinski definition) is 0. The third kappa shape index (κ3) is 4.26. The van der Waals surface area contributed by atoms with Crippen LogP contribution in [0.3, 0.4) is 0 Å². The molecular formula is C31H25NO3. The minimum absolute atomic E-state index is 0.0610. The second-order valence-corrected chi connectivity index (χ2v) is 8.58. The van der Waals surface area contributed by atoms with E-state index in [0.717, 1.165) is 39.1 Å². The average Bonchev–Trinajstić information content (AvgIpc) is 3.17. The van der Waals surface area contributed by atoms with Gasteiger partial charge in [-0.05, 0) is 41.8 Å². The van der Waals surface area contributed by atoms with Crippen LogP contribution in [0.1, 0.15) is 38.2 Å². The number of hydrogen-bond acceptors (Lipinski definition) is 3. The number of ether oxygens (including phenoxy) is 1. The highest BCUT2D eigenvalue weighted by Crippen LogP contribution is 2.43. The maximum atomic E-state index is 14.1. The summed E-state index contributed by atoms with van der Waals surface area (Å²) in [5.74, 6) is -0.458. The third-order valence-corrected chi connectivity index (χ3v) is 6.26. The van der Waals surface area contributed by atoms with E-state index in [4.69, 9.17) is 4.74 Å². The Labute approximate surface area is 205 Å². The number of fused-ring (bicyclic) bond motifs is 1. The molecule has 172 valence electrons. The summed E-state index contributed by atoms with van der Waals surface area (Å²) in [5.41, 5.74) is 7.82. The van der Waals surface area contributed by atoms with Crippen LogP contribution in [0.25, 0.3) is 11.1 Å². The Bertz CT molecular complexity index is 1440. The van der Waals surface area contributed by atoms with E-state index in [1.165, 1.54) is 7.11 Å². The van der Waals surface area contributed by atoms with Gasteiger partial charge in [0.05, 0.1) is 30.5 Å². The van der Waals surface area contributed by atoms with Crippen LogP contribution >= 0.6 is 0 Å². The van der Waals surface area contributed by atoms with Gasteiger partial charge in [-0.15, -0.1) is 0 Å². The summed E-state index contributed by atoms with van der Waals surface area (Å²) in [6.07, 6.45) is 0. The number of carbonyl (C=O) groups is 2. The molecule has 4 heteroatoms. The summed E-state index contributed by atoms with van der Waals surface area (Å²) >= 11 is 0. The zero-order chi connectivity index (χ0) is 24.4. The fourth-order valence-electron chi connectivity index (χ4n) is 4.56. The molecule has 0 spiro atoms. The van der Waals surface area contributed by atoms with Crippen LogP contribution in [-0.2, 0) is 16.1 Å². The van der Waals surface area contributed by atoms with Gasteiger partial charge in [0.1, 0.15) is 0 Å². The zero-order valence-electron chi connectivity index (χ0n) is 19.7. The van der Waals surface area contributed by atoms with E-state index < -0.39 is 5.97 Å². The number of aryl methyl sites for hydroxylation is 1. The molecule has 0 saturated carbocycles. The summed E-state index contributed by atoms with van der Waals surface area (Å²) in [7, 11) is 1.36. The predicted octanol–water partition coefficient (Wildman–Crippen LogP) is 6.29. The first-order chi connectivity index (χ1) is 17.1. The topological polar surface area (TPSA) is 46.6 Å². The van der Waals surface area contributed by atoms with Gasteiger partial charge in [0, 0.05) is 11.1 Å². The maximum Gasteiger partial charge on any atom is 0.337 e. The standard InChI is InChI=1S/C31H25NO3/c1-21-15-17-24(18-16-21)28(23-10-4-3-5-11-23)29-26-13-6-7-14-27(26)32(30(29)33)20-22-9-8-12-25(19-22)31(34)35-2/h3-19H,20H2,1-2H3/b29-28+. The number of para-hydroxylation sites is 1. The fourth-order valence-corrected chi connectivity index (χ4v) is 4.56. The first-order valence-electron chi connectivity index (χ1n) is 11.5. The first-order valence-corrected chi connectivity index (χ1v) is 11.5. The molecule has 1 aliphatic heterocycles. The van der Waals surface area contributed by atoms with Gasteiger partial charge in [0.15, 0.2) is 0 Å². The first kappa shape index (κ1) is 22.4. The Morgan fingerprint density at radius 1 is 0.771 bits per heavy atom. The average molecular weight is 460 g/mol. The monoisotopic (exact) mass is 459 g/mol. The number of esters is 1.